The summed E-state index contributed by atoms with van der Waals surface area (Å²) in [7, 11) is 0. The lowest BCUT2D eigenvalue weighted by molar-refractivity contribution is -0.00152. The highest BCUT2D eigenvalue weighted by Crippen LogP contribution is 2.53. The van der Waals surface area contributed by atoms with Crippen LogP contribution in [0.4, 0.5) is 0 Å². The molecule has 2 aromatic heterocycles. The van der Waals surface area contributed by atoms with Gasteiger partial charge in [0.2, 0.25) is 0 Å². The maximum Gasteiger partial charge on any atom is 0.270 e. The minimum atomic E-state index is -0.103. The Morgan fingerprint density at radius 2 is 2.17 bits per heavy atom. The number of pyridine rings is 1. The number of hydrogen-bond donors (Lipinski definition) is 1. The second kappa shape index (κ2) is 4.71. The van der Waals surface area contributed by atoms with Crippen LogP contribution in [0.25, 0.3) is 11.0 Å². The Bertz CT molecular complexity index is 790. The SMILES string of the molecule is O=C(NC1C2CCN(CC2)C12CC2)c1cc2c(Cl)coc2cn1. The first-order chi connectivity index (χ1) is 11.2. The fourth-order valence-corrected chi connectivity index (χ4v) is 4.75. The predicted molar refractivity (Wildman–Crippen MR) is 86.5 cm³/mol. The van der Waals surface area contributed by atoms with Crippen molar-refractivity contribution in [3.05, 3.63) is 29.2 Å². The number of halogens is 1. The molecule has 4 fully saturated rings. The molecule has 1 saturated carbocycles. The molecule has 1 amide bonds. The fraction of sp³-hybridized carbons (Fsp3) is 0.529. The smallest absolute Gasteiger partial charge is 0.270 e. The van der Waals surface area contributed by atoms with Crippen molar-refractivity contribution in [1.82, 2.24) is 15.2 Å². The Morgan fingerprint density at radius 3 is 2.91 bits per heavy atom. The summed E-state index contributed by atoms with van der Waals surface area (Å²) in [6.45, 7) is 2.37. The Labute approximate surface area is 139 Å². The quantitative estimate of drug-likeness (QED) is 0.919. The van der Waals surface area contributed by atoms with Crippen molar-refractivity contribution in [2.75, 3.05) is 13.1 Å². The van der Waals surface area contributed by atoms with Crippen LogP contribution in [-0.2, 0) is 0 Å². The number of nitrogens with zero attached hydrogens (tertiary/aromatic N) is 2. The van der Waals surface area contributed by atoms with Gasteiger partial charge in [0, 0.05) is 10.9 Å². The van der Waals surface area contributed by atoms with Crippen LogP contribution in [0.15, 0.2) is 22.9 Å². The van der Waals surface area contributed by atoms with Gasteiger partial charge in [0.25, 0.3) is 5.91 Å². The van der Waals surface area contributed by atoms with E-state index in [4.69, 9.17) is 16.0 Å². The summed E-state index contributed by atoms with van der Waals surface area (Å²) in [5.41, 5.74) is 1.25. The summed E-state index contributed by atoms with van der Waals surface area (Å²) >= 11 is 6.09. The molecule has 5 heterocycles. The van der Waals surface area contributed by atoms with Crippen LogP contribution in [0.3, 0.4) is 0 Å². The molecular weight excluding hydrogens is 314 g/mol. The van der Waals surface area contributed by atoms with Gasteiger partial charge in [-0.15, -0.1) is 0 Å². The van der Waals surface area contributed by atoms with Crippen LogP contribution in [0.1, 0.15) is 36.2 Å². The van der Waals surface area contributed by atoms with Gasteiger partial charge in [0.05, 0.1) is 17.3 Å². The molecular formula is C17H18ClN3O2. The van der Waals surface area contributed by atoms with E-state index in [1.54, 1.807) is 12.3 Å². The average molecular weight is 332 g/mol. The third-order valence-electron chi connectivity index (χ3n) is 5.92. The van der Waals surface area contributed by atoms with E-state index in [1.165, 1.54) is 45.0 Å². The summed E-state index contributed by atoms with van der Waals surface area (Å²) < 4.78 is 5.28. The van der Waals surface area contributed by atoms with Gasteiger partial charge >= 0.3 is 0 Å². The van der Waals surface area contributed by atoms with E-state index in [-0.39, 0.29) is 17.5 Å². The molecule has 1 N–H and O–H groups in total. The number of carbonyl (C=O) groups excluding carboxylic acids is 1. The maximum atomic E-state index is 12.7. The number of piperidine rings is 3. The van der Waals surface area contributed by atoms with Crippen molar-refractivity contribution >= 4 is 28.5 Å². The van der Waals surface area contributed by atoms with Crippen LogP contribution >= 0.6 is 11.6 Å². The van der Waals surface area contributed by atoms with Crippen LogP contribution in [0, 0.1) is 5.92 Å². The van der Waals surface area contributed by atoms with E-state index in [9.17, 15) is 4.79 Å². The molecule has 4 aliphatic rings. The molecule has 2 bridgehead atoms. The number of amides is 1. The highest BCUT2D eigenvalue weighted by molar-refractivity contribution is 6.35. The van der Waals surface area contributed by atoms with E-state index in [2.05, 4.69) is 15.2 Å². The molecule has 120 valence electrons. The first kappa shape index (κ1) is 13.8. The molecule has 3 saturated heterocycles. The number of rotatable bonds is 2. The Kier molecular flexibility index (Phi) is 2.83. The van der Waals surface area contributed by atoms with Crippen LogP contribution in [0.2, 0.25) is 5.02 Å². The number of aromatic nitrogens is 1. The van der Waals surface area contributed by atoms with Crippen molar-refractivity contribution in [3.8, 4) is 0 Å². The zero-order chi connectivity index (χ0) is 15.6. The van der Waals surface area contributed by atoms with Crippen molar-refractivity contribution < 1.29 is 9.21 Å². The Hall–Kier alpha value is -1.59. The van der Waals surface area contributed by atoms with Gasteiger partial charge in [-0.25, -0.2) is 4.98 Å². The minimum Gasteiger partial charge on any atom is -0.461 e. The van der Waals surface area contributed by atoms with E-state index < -0.39 is 0 Å². The van der Waals surface area contributed by atoms with Crippen LogP contribution in [-0.4, -0.2) is 40.5 Å². The summed E-state index contributed by atoms with van der Waals surface area (Å²) in [5, 5.41) is 4.53. The second-order valence-corrected chi connectivity index (χ2v) is 7.44. The predicted octanol–water partition coefficient (Wildman–Crippen LogP) is 2.84. The molecule has 1 aliphatic carbocycles. The fourth-order valence-electron chi connectivity index (χ4n) is 4.56. The van der Waals surface area contributed by atoms with Gasteiger partial charge in [0.1, 0.15) is 12.0 Å². The largest absolute Gasteiger partial charge is 0.461 e. The monoisotopic (exact) mass is 331 g/mol. The molecule has 23 heavy (non-hydrogen) atoms. The van der Waals surface area contributed by atoms with Gasteiger partial charge in [-0.1, -0.05) is 11.6 Å². The second-order valence-electron chi connectivity index (χ2n) is 7.03. The molecule has 0 radical (unpaired) electrons. The average Bonchev–Trinajstić information content (AvgIpc) is 3.28. The molecule has 6 rings (SSSR count). The Morgan fingerprint density at radius 1 is 1.39 bits per heavy atom. The molecule has 1 unspecified atom stereocenters. The van der Waals surface area contributed by atoms with Gasteiger partial charge in [-0.2, -0.15) is 0 Å². The maximum absolute atomic E-state index is 12.7. The van der Waals surface area contributed by atoms with Gasteiger partial charge in [-0.05, 0) is 50.8 Å². The summed E-state index contributed by atoms with van der Waals surface area (Å²) in [6.07, 6.45) is 7.82. The van der Waals surface area contributed by atoms with Crippen LogP contribution < -0.4 is 5.32 Å². The molecule has 1 spiro atoms. The molecule has 0 aromatic carbocycles. The molecule has 5 nitrogen and oxygen atoms in total. The number of fused-ring (bicyclic) bond motifs is 3. The summed E-state index contributed by atoms with van der Waals surface area (Å²) in [6, 6.07) is 1.98. The van der Waals surface area contributed by atoms with Gasteiger partial charge in [0.15, 0.2) is 5.58 Å². The molecule has 1 atom stereocenters. The third-order valence-corrected chi connectivity index (χ3v) is 6.21. The first-order valence-electron chi connectivity index (χ1n) is 8.26. The van der Waals surface area contributed by atoms with Crippen molar-refractivity contribution in [2.24, 2.45) is 5.92 Å². The highest BCUT2D eigenvalue weighted by atomic mass is 35.5. The number of furan rings is 1. The zero-order valence-electron chi connectivity index (χ0n) is 12.7. The van der Waals surface area contributed by atoms with Crippen molar-refractivity contribution in [1.29, 1.82) is 0 Å². The number of carbonyl (C=O) groups is 1. The zero-order valence-corrected chi connectivity index (χ0v) is 13.5. The molecule has 2 aromatic rings. The van der Waals surface area contributed by atoms with Crippen molar-refractivity contribution in [3.63, 3.8) is 0 Å². The number of nitrogens with one attached hydrogen (secondary N) is 1. The van der Waals surface area contributed by atoms with E-state index in [0.717, 1.165) is 5.39 Å². The van der Waals surface area contributed by atoms with E-state index in [1.807, 2.05) is 0 Å². The standard InChI is InChI=1S/C17H18ClN3O2/c18-12-9-23-14-8-19-13(7-11(12)14)16(22)20-15-10-1-5-21(6-2-10)17(15)3-4-17/h7-10,15H,1-6H2,(H,20,22). The molecule has 6 heteroatoms. The van der Waals surface area contributed by atoms with E-state index in [0.29, 0.717) is 22.2 Å². The van der Waals surface area contributed by atoms with Crippen LogP contribution in [0.5, 0.6) is 0 Å². The normalized spacial score (nSPS) is 30.7. The lowest BCUT2D eigenvalue weighted by Gasteiger charge is -2.52. The summed E-state index contributed by atoms with van der Waals surface area (Å²) in [5.74, 6) is 0.502. The Balaban J connectivity index is 1.43. The van der Waals surface area contributed by atoms with Gasteiger partial charge in [-0.3, -0.25) is 9.69 Å². The lowest BCUT2D eigenvalue weighted by atomic mass is 9.77. The minimum absolute atomic E-state index is 0.103. The number of hydrogen-bond acceptors (Lipinski definition) is 4. The lowest BCUT2D eigenvalue weighted by Crippen LogP contribution is -2.65. The third kappa shape index (κ3) is 1.96. The van der Waals surface area contributed by atoms with Crippen molar-refractivity contribution in [2.45, 2.75) is 37.3 Å². The van der Waals surface area contributed by atoms with Gasteiger partial charge < -0.3 is 9.73 Å². The summed E-state index contributed by atoms with van der Waals surface area (Å²) in [4.78, 5) is 19.5. The topological polar surface area (TPSA) is 58.4 Å². The first-order valence-corrected chi connectivity index (χ1v) is 8.64. The van der Waals surface area contributed by atoms with E-state index >= 15 is 0 Å². The molecule has 3 aliphatic heterocycles. The highest BCUT2D eigenvalue weighted by Gasteiger charge is 2.60.